The predicted molar refractivity (Wildman–Crippen MR) is 79.9 cm³/mol. The van der Waals surface area contributed by atoms with Crippen molar-refractivity contribution in [3.8, 4) is 0 Å². The normalized spacial score (nSPS) is 11.0. The molecule has 4 nitrogen and oxygen atoms in total. The molecule has 0 saturated carbocycles. The van der Waals surface area contributed by atoms with E-state index in [4.69, 9.17) is 0 Å². The molecule has 0 spiro atoms. The number of aryl methyl sites for hydroxylation is 2. The SMILES string of the molecule is CCn1cc(C=CC(=O)NCc2ccccc2F)c(C)n1. The van der Waals surface area contributed by atoms with Gasteiger partial charge >= 0.3 is 0 Å². The summed E-state index contributed by atoms with van der Waals surface area (Å²) in [5.41, 5.74) is 2.24. The molecule has 0 unspecified atom stereocenters. The lowest BCUT2D eigenvalue weighted by atomic mass is 10.2. The first-order valence-electron chi connectivity index (χ1n) is 6.83. The summed E-state index contributed by atoms with van der Waals surface area (Å²) in [5.74, 6) is -0.580. The van der Waals surface area contributed by atoms with Crippen molar-refractivity contribution in [3.63, 3.8) is 0 Å². The summed E-state index contributed by atoms with van der Waals surface area (Å²) in [7, 11) is 0. The summed E-state index contributed by atoms with van der Waals surface area (Å²) in [6, 6.07) is 6.38. The number of amides is 1. The van der Waals surface area contributed by atoms with Gasteiger partial charge in [-0.2, -0.15) is 5.10 Å². The van der Waals surface area contributed by atoms with Crippen LogP contribution in [0.2, 0.25) is 0 Å². The van der Waals surface area contributed by atoms with Crippen molar-refractivity contribution in [1.29, 1.82) is 0 Å². The van der Waals surface area contributed by atoms with Gasteiger partial charge in [0.15, 0.2) is 0 Å². The van der Waals surface area contributed by atoms with Crippen LogP contribution in [-0.2, 0) is 17.9 Å². The highest BCUT2D eigenvalue weighted by atomic mass is 19.1. The van der Waals surface area contributed by atoms with Crippen molar-refractivity contribution in [2.24, 2.45) is 0 Å². The molecule has 0 aliphatic carbocycles. The number of halogens is 1. The first kappa shape index (κ1) is 15.0. The third-order valence-corrected chi connectivity index (χ3v) is 3.13. The smallest absolute Gasteiger partial charge is 0.244 e. The fourth-order valence-electron chi connectivity index (χ4n) is 1.91. The van der Waals surface area contributed by atoms with E-state index < -0.39 is 0 Å². The molecule has 21 heavy (non-hydrogen) atoms. The summed E-state index contributed by atoms with van der Waals surface area (Å²) in [6.07, 6.45) is 5.03. The monoisotopic (exact) mass is 287 g/mol. The van der Waals surface area contributed by atoms with E-state index in [0.29, 0.717) is 5.56 Å². The summed E-state index contributed by atoms with van der Waals surface area (Å²) < 4.78 is 15.2. The Morgan fingerprint density at radius 1 is 1.43 bits per heavy atom. The molecule has 1 amide bonds. The molecular formula is C16H18FN3O. The highest BCUT2D eigenvalue weighted by Crippen LogP contribution is 2.08. The van der Waals surface area contributed by atoms with Crippen LogP contribution >= 0.6 is 0 Å². The average Bonchev–Trinajstić information content (AvgIpc) is 2.84. The Labute approximate surface area is 123 Å². The number of aromatic nitrogens is 2. The zero-order chi connectivity index (χ0) is 15.2. The van der Waals surface area contributed by atoms with Gasteiger partial charge in [-0.05, 0) is 26.0 Å². The van der Waals surface area contributed by atoms with E-state index in [9.17, 15) is 9.18 Å². The Morgan fingerprint density at radius 3 is 2.86 bits per heavy atom. The molecular weight excluding hydrogens is 269 g/mol. The Hall–Kier alpha value is -2.43. The van der Waals surface area contributed by atoms with E-state index in [1.54, 1.807) is 24.3 Å². The lowest BCUT2D eigenvalue weighted by molar-refractivity contribution is -0.116. The Kier molecular flexibility index (Phi) is 4.87. The Morgan fingerprint density at radius 2 is 2.19 bits per heavy atom. The summed E-state index contributed by atoms with van der Waals surface area (Å²) in [5, 5.41) is 6.95. The van der Waals surface area contributed by atoms with E-state index in [0.717, 1.165) is 17.8 Å². The largest absolute Gasteiger partial charge is 0.348 e. The minimum absolute atomic E-state index is 0.170. The second-order valence-corrected chi connectivity index (χ2v) is 4.67. The summed E-state index contributed by atoms with van der Waals surface area (Å²) in [6.45, 7) is 4.85. The third kappa shape index (κ3) is 4.02. The van der Waals surface area contributed by atoms with Crippen LogP contribution in [0.3, 0.4) is 0 Å². The molecule has 0 fully saturated rings. The molecule has 2 aromatic rings. The zero-order valence-corrected chi connectivity index (χ0v) is 12.1. The average molecular weight is 287 g/mol. The van der Waals surface area contributed by atoms with Crippen molar-refractivity contribution in [2.45, 2.75) is 26.9 Å². The van der Waals surface area contributed by atoms with Crippen LogP contribution < -0.4 is 5.32 Å². The number of nitrogens with one attached hydrogen (secondary N) is 1. The van der Waals surface area contributed by atoms with Gasteiger partial charge in [0.2, 0.25) is 5.91 Å². The highest BCUT2D eigenvalue weighted by molar-refractivity contribution is 5.91. The van der Waals surface area contributed by atoms with Crippen molar-refractivity contribution < 1.29 is 9.18 Å². The van der Waals surface area contributed by atoms with Crippen LogP contribution in [0.4, 0.5) is 4.39 Å². The predicted octanol–water partition coefficient (Wildman–Crippen LogP) is 2.68. The molecule has 5 heteroatoms. The summed E-state index contributed by atoms with van der Waals surface area (Å²) >= 11 is 0. The summed E-state index contributed by atoms with van der Waals surface area (Å²) in [4.78, 5) is 11.7. The maximum Gasteiger partial charge on any atom is 0.244 e. The molecule has 1 aromatic heterocycles. The van der Waals surface area contributed by atoms with Crippen LogP contribution in [0.5, 0.6) is 0 Å². The molecule has 1 heterocycles. The number of hydrogen-bond acceptors (Lipinski definition) is 2. The number of carbonyl (C=O) groups excluding carboxylic acids is 1. The van der Waals surface area contributed by atoms with Gasteiger partial charge in [0.25, 0.3) is 0 Å². The number of nitrogens with zero attached hydrogens (tertiary/aromatic N) is 2. The van der Waals surface area contributed by atoms with Crippen LogP contribution in [-0.4, -0.2) is 15.7 Å². The van der Waals surface area contributed by atoms with E-state index in [1.165, 1.54) is 12.1 Å². The van der Waals surface area contributed by atoms with E-state index in [2.05, 4.69) is 10.4 Å². The molecule has 2 rings (SSSR count). The first-order valence-corrected chi connectivity index (χ1v) is 6.83. The van der Waals surface area contributed by atoms with E-state index >= 15 is 0 Å². The zero-order valence-electron chi connectivity index (χ0n) is 12.1. The molecule has 0 aliphatic rings. The topological polar surface area (TPSA) is 46.9 Å². The van der Waals surface area contributed by atoms with E-state index in [-0.39, 0.29) is 18.3 Å². The lowest BCUT2D eigenvalue weighted by Crippen LogP contribution is -2.20. The maximum absolute atomic E-state index is 13.4. The van der Waals surface area contributed by atoms with Gasteiger partial charge in [0.05, 0.1) is 5.69 Å². The van der Waals surface area contributed by atoms with E-state index in [1.807, 2.05) is 24.7 Å². The molecule has 0 radical (unpaired) electrons. The molecule has 1 aromatic carbocycles. The van der Waals surface area contributed by atoms with Gasteiger partial charge in [-0.25, -0.2) is 4.39 Å². The van der Waals surface area contributed by atoms with Crippen molar-refractivity contribution >= 4 is 12.0 Å². The quantitative estimate of drug-likeness (QED) is 0.859. The van der Waals surface area contributed by atoms with Gasteiger partial charge in [0, 0.05) is 36.5 Å². The fourth-order valence-corrected chi connectivity index (χ4v) is 1.91. The number of rotatable bonds is 5. The standard InChI is InChI=1S/C16H18FN3O/c1-3-20-11-14(12(2)19-20)8-9-16(21)18-10-13-6-4-5-7-15(13)17/h4-9,11H,3,10H2,1-2H3,(H,18,21). The highest BCUT2D eigenvalue weighted by Gasteiger charge is 2.03. The van der Waals surface area contributed by atoms with Crippen LogP contribution in [0.15, 0.2) is 36.5 Å². The number of benzene rings is 1. The van der Waals surface area contributed by atoms with Crippen LogP contribution in [0.1, 0.15) is 23.7 Å². The van der Waals surface area contributed by atoms with Crippen molar-refractivity contribution in [1.82, 2.24) is 15.1 Å². The van der Waals surface area contributed by atoms with Crippen LogP contribution in [0, 0.1) is 12.7 Å². The lowest BCUT2D eigenvalue weighted by Gasteiger charge is -2.03. The molecule has 0 aliphatic heterocycles. The Bertz CT molecular complexity index is 661. The van der Waals surface area contributed by atoms with Gasteiger partial charge in [0.1, 0.15) is 5.82 Å². The molecule has 0 saturated heterocycles. The number of hydrogen-bond donors (Lipinski definition) is 1. The maximum atomic E-state index is 13.4. The molecule has 0 bridgehead atoms. The first-order chi connectivity index (χ1) is 10.1. The Balaban J connectivity index is 1.94. The van der Waals surface area contributed by atoms with Crippen molar-refractivity contribution in [3.05, 3.63) is 59.2 Å². The van der Waals surface area contributed by atoms with Crippen molar-refractivity contribution in [2.75, 3.05) is 0 Å². The molecule has 110 valence electrons. The van der Waals surface area contributed by atoms with Crippen LogP contribution in [0.25, 0.3) is 6.08 Å². The fraction of sp³-hybridized carbons (Fsp3) is 0.250. The van der Waals surface area contributed by atoms with Gasteiger partial charge < -0.3 is 5.32 Å². The second kappa shape index (κ2) is 6.83. The number of carbonyl (C=O) groups is 1. The minimum atomic E-state index is -0.318. The second-order valence-electron chi connectivity index (χ2n) is 4.67. The third-order valence-electron chi connectivity index (χ3n) is 3.13. The van der Waals surface area contributed by atoms with Gasteiger partial charge in [-0.1, -0.05) is 18.2 Å². The molecule has 1 N–H and O–H groups in total. The van der Waals surface area contributed by atoms with Gasteiger partial charge in [-0.15, -0.1) is 0 Å². The van der Waals surface area contributed by atoms with Gasteiger partial charge in [-0.3, -0.25) is 9.48 Å². The minimum Gasteiger partial charge on any atom is -0.348 e. The molecule has 0 atom stereocenters.